The molecule has 0 saturated heterocycles. The molecule has 0 bridgehead atoms. The van der Waals surface area contributed by atoms with Crippen molar-refractivity contribution in [3.05, 3.63) is 100 Å². The van der Waals surface area contributed by atoms with Gasteiger partial charge in [0.05, 0.1) is 17.1 Å². The van der Waals surface area contributed by atoms with Gasteiger partial charge in [0.2, 0.25) is 0 Å². The Morgan fingerprint density at radius 2 is 1.72 bits per heavy atom. The van der Waals surface area contributed by atoms with Crippen molar-refractivity contribution in [3.8, 4) is 11.5 Å². The van der Waals surface area contributed by atoms with Crippen LogP contribution in [0.5, 0.6) is 11.5 Å². The average Bonchev–Trinajstić information content (AvgIpc) is 2.97. The van der Waals surface area contributed by atoms with Crippen LogP contribution in [0.3, 0.4) is 0 Å². The summed E-state index contributed by atoms with van der Waals surface area (Å²) in [5.74, 6) is -0.579. The summed E-state index contributed by atoms with van der Waals surface area (Å²) in [5.41, 5.74) is 0.969. The van der Waals surface area contributed by atoms with Crippen LogP contribution < -0.4 is 4.74 Å². The van der Waals surface area contributed by atoms with Crippen LogP contribution in [0, 0.1) is 16.0 Å². The lowest BCUT2D eigenvalue weighted by atomic mass is 9.86. The summed E-state index contributed by atoms with van der Waals surface area (Å²) in [4.78, 5) is 57.6. The molecule has 1 aliphatic rings. The van der Waals surface area contributed by atoms with Gasteiger partial charge in [-0.25, -0.2) is 9.79 Å². The van der Waals surface area contributed by atoms with Gasteiger partial charge in [0.25, 0.3) is 11.6 Å². The molecule has 0 fully saturated rings. The van der Waals surface area contributed by atoms with Gasteiger partial charge in [0, 0.05) is 43.5 Å². The van der Waals surface area contributed by atoms with Crippen LogP contribution in [-0.4, -0.2) is 64.6 Å². The predicted octanol–water partition coefficient (Wildman–Crippen LogP) is 6.05. The maximum atomic E-state index is 13.2. The number of rotatable bonds is 11. The maximum Gasteiger partial charge on any atom is 0.344 e. The van der Waals surface area contributed by atoms with Gasteiger partial charge in [-0.1, -0.05) is 36.4 Å². The highest BCUT2D eigenvalue weighted by Gasteiger charge is 2.43. The number of aliphatic imine (C=N–C) groups is 1. The first-order valence-corrected chi connectivity index (χ1v) is 13.9. The highest BCUT2D eigenvalue weighted by atomic mass is 16.6. The van der Waals surface area contributed by atoms with Gasteiger partial charge in [0.15, 0.2) is 0 Å². The van der Waals surface area contributed by atoms with E-state index in [2.05, 4.69) is 4.99 Å². The minimum atomic E-state index is -0.950. The second kappa shape index (κ2) is 13.7. The van der Waals surface area contributed by atoms with E-state index in [9.17, 15) is 24.5 Å². The molecule has 3 aromatic carbocycles. The zero-order chi connectivity index (χ0) is 31.1. The largest absolute Gasteiger partial charge is 0.462 e. The summed E-state index contributed by atoms with van der Waals surface area (Å²) >= 11 is 0. The first-order valence-electron chi connectivity index (χ1n) is 13.9. The molecule has 0 N–H and O–H groups in total. The van der Waals surface area contributed by atoms with Crippen molar-refractivity contribution in [2.45, 2.75) is 39.3 Å². The molecule has 0 aliphatic carbocycles. The number of amides is 3. The number of nitrogens with zero attached hydrogens (tertiary/aromatic N) is 4. The second-order valence-electron chi connectivity index (χ2n) is 10.5. The Labute approximate surface area is 249 Å². The van der Waals surface area contributed by atoms with Crippen molar-refractivity contribution < 1.29 is 28.8 Å². The molecule has 1 aliphatic heterocycles. The van der Waals surface area contributed by atoms with E-state index in [0.29, 0.717) is 29.0 Å². The SMILES string of the molecule is CC1=NC(=O)N(CCCN(C)C(=O)c2cccc(Oc3ccccc3)c2)C(c2cccc([N+](=O)[O-])c2)C1C(=O)OC(C)C. The number of nitro benzene ring substituents is 1. The second-order valence-corrected chi connectivity index (χ2v) is 10.5. The highest BCUT2D eigenvalue weighted by Crippen LogP contribution is 2.36. The van der Waals surface area contributed by atoms with Crippen LogP contribution in [0.15, 0.2) is 83.9 Å². The monoisotopic (exact) mass is 586 g/mol. The molecule has 0 radical (unpaired) electrons. The zero-order valence-electron chi connectivity index (χ0n) is 24.5. The zero-order valence-corrected chi connectivity index (χ0v) is 24.5. The number of hydrogen-bond acceptors (Lipinski definition) is 7. The molecule has 3 aromatic rings. The number of nitro groups is 1. The molecule has 2 unspecified atom stereocenters. The molecule has 0 saturated carbocycles. The Balaban J connectivity index is 1.51. The number of carbonyl (C=O) groups is 3. The molecule has 2 atom stereocenters. The van der Waals surface area contributed by atoms with E-state index in [4.69, 9.17) is 9.47 Å². The number of hydrogen-bond donors (Lipinski definition) is 0. The molecule has 11 heteroatoms. The van der Waals surface area contributed by atoms with E-state index < -0.39 is 35.0 Å². The lowest BCUT2D eigenvalue weighted by Gasteiger charge is -2.39. The number of esters is 1. The van der Waals surface area contributed by atoms with Gasteiger partial charge in [0.1, 0.15) is 17.4 Å². The van der Waals surface area contributed by atoms with Crippen molar-refractivity contribution in [1.29, 1.82) is 0 Å². The molecule has 0 aromatic heterocycles. The van der Waals surface area contributed by atoms with E-state index in [1.54, 1.807) is 58.2 Å². The molecule has 224 valence electrons. The van der Waals surface area contributed by atoms with Crippen molar-refractivity contribution in [3.63, 3.8) is 0 Å². The molecular weight excluding hydrogens is 552 g/mol. The fourth-order valence-corrected chi connectivity index (χ4v) is 4.96. The number of carbonyl (C=O) groups excluding carboxylic acids is 3. The summed E-state index contributed by atoms with van der Waals surface area (Å²) in [6.07, 6.45) is -0.0477. The minimum absolute atomic E-state index is 0.142. The average molecular weight is 587 g/mol. The molecule has 1 heterocycles. The summed E-state index contributed by atoms with van der Waals surface area (Å²) in [6, 6.07) is 20.6. The first-order chi connectivity index (χ1) is 20.5. The summed E-state index contributed by atoms with van der Waals surface area (Å²) in [5, 5.41) is 11.5. The van der Waals surface area contributed by atoms with Crippen molar-refractivity contribution in [2.75, 3.05) is 20.1 Å². The predicted molar refractivity (Wildman–Crippen MR) is 160 cm³/mol. The van der Waals surface area contributed by atoms with Crippen LogP contribution in [0.2, 0.25) is 0 Å². The summed E-state index contributed by atoms with van der Waals surface area (Å²) in [7, 11) is 1.66. The van der Waals surface area contributed by atoms with Gasteiger partial charge in [-0.15, -0.1) is 0 Å². The van der Waals surface area contributed by atoms with Gasteiger partial charge in [-0.05, 0) is 63.1 Å². The Morgan fingerprint density at radius 3 is 2.42 bits per heavy atom. The molecule has 43 heavy (non-hydrogen) atoms. The third-order valence-corrected chi connectivity index (χ3v) is 6.95. The number of non-ortho nitro benzene ring substituents is 1. The fraction of sp³-hybridized carbons (Fsp3) is 0.312. The number of para-hydroxylation sites is 1. The fourth-order valence-electron chi connectivity index (χ4n) is 4.96. The highest BCUT2D eigenvalue weighted by molar-refractivity contribution is 6.08. The van der Waals surface area contributed by atoms with E-state index >= 15 is 0 Å². The molecule has 11 nitrogen and oxygen atoms in total. The summed E-state index contributed by atoms with van der Waals surface area (Å²) in [6.45, 7) is 5.44. The molecule has 0 spiro atoms. The maximum absolute atomic E-state index is 13.2. The van der Waals surface area contributed by atoms with Crippen LogP contribution in [0.1, 0.15) is 49.2 Å². The minimum Gasteiger partial charge on any atom is -0.462 e. The van der Waals surface area contributed by atoms with Crippen molar-refractivity contribution in [2.24, 2.45) is 10.9 Å². The molecule has 3 amide bonds. The molecular formula is C32H34N4O7. The molecule has 4 rings (SSSR count). The number of benzene rings is 3. The Hall–Kier alpha value is -5.06. The normalized spacial score (nSPS) is 16.4. The van der Waals surface area contributed by atoms with Gasteiger partial charge in [-0.2, -0.15) is 0 Å². The van der Waals surface area contributed by atoms with Crippen LogP contribution >= 0.6 is 0 Å². The smallest absolute Gasteiger partial charge is 0.344 e. The third-order valence-electron chi connectivity index (χ3n) is 6.95. The van der Waals surface area contributed by atoms with Crippen LogP contribution in [-0.2, 0) is 9.53 Å². The Bertz CT molecular complexity index is 1520. The lowest BCUT2D eigenvalue weighted by Crippen LogP contribution is -2.48. The van der Waals surface area contributed by atoms with E-state index in [1.807, 2.05) is 30.3 Å². The first kappa shape index (κ1) is 30.9. The lowest BCUT2D eigenvalue weighted by molar-refractivity contribution is -0.385. The van der Waals surface area contributed by atoms with E-state index in [1.165, 1.54) is 28.0 Å². The quantitative estimate of drug-likeness (QED) is 0.152. The third kappa shape index (κ3) is 7.62. The Kier molecular flexibility index (Phi) is 9.87. The number of urea groups is 1. The standard InChI is InChI=1S/C32H34N4O7/c1-21(2)42-31(38)28-22(3)33-32(39)35(29(28)23-11-8-13-25(19-23)36(40)41)18-10-17-34(4)30(37)24-12-9-16-27(20-24)43-26-14-6-5-7-15-26/h5-9,11-16,19-21,28-29H,10,17-18H2,1-4H3. The van der Waals surface area contributed by atoms with Crippen LogP contribution in [0.4, 0.5) is 10.5 Å². The van der Waals surface area contributed by atoms with Gasteiger partial charge < -0.3 is 19.3 Å². The van der Waals surface area contributed by atoms with Crippen LogP contribution in [0.25, 0.3) is 0 Å². The summed E-state index contributed by atoms with van der Waals surface area (Å²) < 4.78 is 11.3. The number of ether oxygens (including phenoxy) is 2. The van der Waals surface area contributed by atoms with E-state index in [0.717, 1.165) is 0 Å². The van der Waals surface area contributed by atoms with Crippen molar-refractivity contribution >= 4 is 29.3 Å². The van der Waals surface area contributed by atoms with Gasteiger partial charge in [-0.3, -0.25) is 19.7 Å². The van der Waals surface area contributed by atoms with Gasteiger partial charge >= 0.3 is 12.0 Å². The Morgan fingerprint density at radius 1 is 1.02 bits per heavy atom. The van der Waals surface area contributed by atoms with E-state index in [-0.39, 0.29) is 30.4 Å². The topological polar surface area (TPSA) is 132 Å². The van der Waals surface area contributed by atoms with Crippen molar-refractivity contribution in [1.82, 2.24) is 9.80 Å².